The molecule has 0 amide bonds. The normalized spacial score (nSPS) is 33.2. The molecular formula is C9H12BrClO. The highest BCUT2D eigenvalue weighted by Gasteiger charge is 2.59. The summed E-state index contributed by atoms with van der Waals surface area (Å²) in [7, 11) is 0. The molecule has 2 atom stereocenters. The Morgan fingerprint density at radius 1 is 1.58 bits per heavy atom. The third kappa shape index (κ3) is 1.74. The zero-order valence-corrected chi connectivity index (χ0v) is 9.74. The maximum atomic E-state index is 10.9. The maximum Gasteiger partial charge on any atom is 0.225 e. The molecule has 0 bridgehead atoms. The largest absolute Gasteiger partial charge is 0.281 e. The van der Waals surface area contributed by atoms with E-state index in [-0.39, 0.29) is 16.6 Å². The highest BCUT2D eigenvalue weighted by atomic mass is 79.9. The minimum atomic E-state index is -0.213. The minimum absolute atomic E-state index is 0.00617. The Morgan fingerprint density at radius 3 is 2.33 bits per heavy atom. The molecule has 1 fully saturated rings. The first kappa shape index (κ1) is 10.3. The van der Waals surface area contributed by atoms with Crippen LogP contribution >= 0.6 is 27.5 Å². The van der Waals surface area contributed by atoms with Crippen molar-refractivity contribution in [3.8, 4) is 0 Å². The van der Waals surface area contributed by atoms with E-state index in [1.807, 2.05) is 6.92 Å². The molecule has 1 saturated carbocycles. The first-order chi connectivity index (χ1) is 5.37. The van der Waals surface area contributed by atoms with E-state index in [9.17, 15) is 4.79 Å². The Balaban J connectivity index is 2.73. The van der Waals surface area contributed by atoms with Gasteiger partial charge in [-0.2, -0.15) is 0 Å². The van der Waals surface area contributed by atoms with Crippen LogP contribution in [-0.4, -0.2) is 5.24 Å². The second kappa shape index (κ2) is 3.15. The van der Waals surface area contributed by atoms with Crippen LogP contribution in [0, 0.1) is 17.3 Å². The Hall–Kier alpha value is 0.180. The summed E-state index contributed by atoms with van der Waals surface area (Å²) < 4.78 is 1.07. The predicted molar refractivity (Wildman–Crippen MR) is 54.3 cm³/mol. The van der Waals surface area contributed by atoms with Crippen LogP contribution in [0.15, 0.2) is 10.6 Å². The average Bonchev–Trinajstić information content (AvgIpc) is 2.32. The summed E-state index contributed by atoms with van der Waals surface area (Å²) in [5, 5.41) is -0.213. The van der Waals surface area contributed by atoms with Crippen molar-refractivity contribution in [1.82, 2.24) is 0 Å². The van der Waals surface area contributed by atoms with Gasteiger partial charge in [0.05, 0.1) is 0 Å². The molecule has 1 nitrogen and oxygen atoms in total. The summed E-state index contributed by atoms with van der Waals surface area (Å²) in [5.41, 5.74) is 0.0495. The van der Waals surface area contributed by atoms with Crippen molar-refractivity contribution in [1.29, 1.82) is 0 Å². The molecule has 0 N–H and O–H groups in total. The summed E-state index contributed by atoms with van der Waals surface area (Å²) in [6, 6.07) is 0. The van der Waals surface area contributed by atoms with E-state index in [1.54, 1.807) is 0 Å². The maximum absolute atomic E-state index is 10.9. The van der Waals surface area contributed by atoms with Gasteiger partial charge in [-0.25, -0.2) is 0 Å². The van der Waals surface area contributed by atoms with Gasteiger partial charge in [0.2, 0.25) is 5.24 Å². The van der Waals surface area contributed by atoms with Gasteiger partial charge in [-0.3, -0.25) is 4.79 Å². The first-order valence-corrected chi connectivity index (χ1v) is 5.07. The lowest BCUT2D eigenvalue weighted by molar-refractivity contribution is -0.113. The Bertz CT molecular complexity index is 241. The quantitative estimate of drug-likeness (QED) is 0.688. The van der Waals surface area contributed by atoms with E-state index < -0.39 is 0 Å². The molecule has 0 aliphatic heterocycles. The van der Waals surface area contributed by atoms with Crippen molar-refractivity contribution in [2.75, 3.05) is 0 Å². The monoisotopic (exact) mass is 250 g/mol. The van der Waals surface area contributed by atoms with E-state index >= 15 is 0 Å². The molecule has 0 aromatic rings. The number of hydrogen-bond acceptors (Lipinski definition) is 1. The van der Waals surface area contributed by atoms with Gasteiger partial charge in [-0.05, 0) is 34.3 Å². The van der Waals surface area contributed by atoms with Crippen LogP contribution in [0.1, 0.15) is 20.8 Å². The zero-order chi connectivity index (χ0) is 9.52. The lowest BCUT2D eigenvalue weighted by Gasteiger charge is -1.96. The summed E-state index contributed by atoms with van der Waals surface area (Å²) in [5.74, 6) is 0.313. The summed E-state index contributed by atoms with van der Waals surface area (Å²) in [6.45, 7) is 6.09. The smallest absolute Gasteiger partial charge is 0.225 e. The van der Waals surface area contributed by atoms with E-state index in [1.165, 1.54) is 0 Å². The number of allylic oxidation sites excluding steroid dienone is 2. The van der Waals surface area contributed by atoms with Crippen LogP contribution in [0.3, 0.4) is 0 Å². The SMILES string of the molecule is CC(Br)=CC1C(C(=O)Cl)C1(C)C. The number of carbonyl (C=O) groups is 1. The fourth-order valence-electron chi connectivity index (χ4n) is 1.67. The van der Waals surface area contributed by atoms with Gasteiger partial charge < -0.3 is 0 Å². The topological polar surface area (TPSA) is 17.1 Å². The average molecular weight is 252 g/mol. The van der Waals surface area contributed by atoms with Crippen LogP contribution in [-0.2, 0) is 4.79 Å². The molecule has 0 saturated heterocycles. The molecule has 1 aliphatic rings. The molecular weight excluding hydrogens is 239 g/mol. The van der Waals surface area contributed by atoms with Gasteiger partial charge in [0.15, 0.2) is 0 Å². The molecule has 1 aliphatic carbocycles. The molecule has 1 rings (SSSR count). The molecule has 68 valence electrons. The summed E-state index contributed by atoms with van der Waals surface area (Å²) in [6.07, 6.45) is 2.06. The molecule has 0 spiro atoms. The van der Waals surface area contributed by atoms with Gasteiger partial charge in [0.1, 0.15) is 0 Å². The van der Waals surface area contributed by atoms with Gasteiger partial charge in [0.25, 0.3) is 0 Å². The van der Waals surface area contributed by atoms with Gasteiger partial charge in [-0.15, -0.1) is 0 Å². The van der Waals surface area contributed by atoms with Crippen LogP contribution in [0.2, 0.25) is 0 Å². The Kier molecular flexibility index (Phi) is 2.69. The Morgan fingerprint density at radius 2 is 2.08 bits per heavy atom. The second-order valence-corrected chi connectivity index (χ2v) is 5.51. The van der Waals surface area contributed by atoms with Crippen molar-refractivity contribution in [2.45, 2.75) is 20.8 Å². The number of carbonyl (C=O) groups excluding carboxylic acids is 1. The van der Waals surface area contributed by atoms with E-state index in [0.29, 0.717) is 5.92 Å². The Labute approximate surface area is 86.3 Å². The van der Waals surface area contributed by atoms with E-state index in [0.717, 1.165) is 4.48 Å². The van der Waals surface area contributed by atoms with Crippen molar-refractivity contribution in [3.63, 3.8) is 0 Å². The molecule has 12 heavy (non-hydrogen) atoms. The van der Waals surface area contributed by atoms with Crippen molar-refractivity contribution in [3.05, 3.63) is 10.6 Å². The number of rotatable bonds is 2. The van der Waals surface area contributed by atoms with Crippen LogP contribution in [0.25, 0.3) is 0 Å². The van der Waals surface area contributed by atoms with Crippen molar-refractivity contribution in [2.24, 2.45) is 17.3 Å². The molecule has 3 heteroatoms. The van der Waals surface area contributed by atoms with Crippen LogP contribution < -0.4 is 0 Å². The number of halogens is 2. The zero-order valence-electron chi connectivity index (χ0n) is 7.40. The fourth-order valence-corrected chi connectivity index (χ4v) is 2.37. The minimum Gasteiger partial charge on any atom is -0.281 e. The third-order valence-corrected chi connectivity index (χ3v) is 3.06. The first-order valence-electron chi connectivity index (χ1n) is 3.90. The highest BCUT2D eigenvalue weighted by Crippen LogP contribution is 2.60. The molecule has 0 heterocycles. The molecule has 0 radical (unpaired) electrons. The van der Waals surface area contributed by atoms with Crippen LogP contribution in [0.5, 0.6) is 0 Å². The standard InChI is InChI=1S/C9H12BrClO/c1-5(10)4-6-7(8(11)12)9(6,2)3/h4,6-7H,1-3H3. The van der Waals surface area contributed by atoms with Crippen LogP contribution in [0.4, 0.5) is 0 Å². The third-order valence-electron chi connectivity index (χ3n) is 2.56. The summed E-state index contributed by atoms with van der Waals surface area (Å²) in [4.78, 5) is 10.9. The van der Waals surface area contributed by atoms with Crippen molar-refractivity contribution >= 4 is 32.8 Å². The highest BCUT2D eigenvalue weighted by molar-refractivity contribution is 9.11. The molecule has 2 unspecified atom stereocenters. The molecule has 0 aromatic heterocycles. The lowest BCUT2D eigenvalue weighted by Crippen LogP contribution is -1.96. The van der Waals surface area contributed by atoms with E-state index in [4.69, 9.17) is 11.6 Å². The molecule has 0 aromatic carbocycles. The fraction of sp³-hybridized carbons (Fsp3) is 0.667. The van der Waals surface area contributed by atoms with Gasteiger partial charge in [0, 0.05) is 5.92 Å². The van der Waals surface area contributed by atoms with Gasteiger partial charge >= 0.3 is 0 Å². The predicted octanol–water partition coefficient (Wildman–Crippen LogP) is 3.32. The number of hydrogen-bond donors (Lipinski definition) is 0. The van der Waals surface area contributed by atoms with Gasteiger partial charge in [-0.1, -0.05) is 35.9 Å². The lowest BCUT2D eigenvalue weighted by atomic mass is 10.1. The van der Waals surface area contributed by atoms with Crippen molar-refractivity contribution < 1.29 is 4.79 Å². The second-order valence-electron chi connectivity index (χ2n) is 3.88. The summed E-state index contributed by atoms with van der Waals surface area (Å²) >= 11 is 8.80. The van der Waals surface area contributed by atoms with E-state index in [2.05, 4.69) is 35.9 Å².